The molecule has 0 fully saturated rings. The van der Waals surface area contributed by atoms with Gasteiger partial charge in [0.2, 0.25) is 0 Å². The summed E-state index contributed by atoms with van der Waals surface area (Å²) < 4.78 is 68.5. The molecular formula is C77H150O17P2. The fourth-order valence-corrected chi connectivity index (χ4v) is 13.3. The van der Waals surface area contributed by atoms with Crippen LogP contribution in [0.2, 0.25) is 0 Å². The van der Waals surface area contributed by atoms with Gasteiger partial charge in [-0.25, -0.2) is 9.13 Å². The number of ether oxygens (including phenoxy) is 4. The molecule has 0 aromatic carbocycles. The number of aliphatic hydroxyl groups excluding tert-OH is 1. The van der Waals surface area contributed by atoms with Gasteiger partial charge >= 0.3 is 39.5 Å². The first-order chi connectivity index (χ1) is 46.1. The first-order valence-electron chi connectivity index (χ1n) is 39.7. The summed E-state index contributed by atoms with van der Waals surface area (Å²) in [6, 6.07) is 0. The molecule has 96 heavy (non-hydrogen) atoms. The number of hydrogen-bond acceptors (Lipinski definition) is 15. The van der Waals surface area contributed by atoms with Gasteiger partial charge in [-0.1, -0.05) is 338 Å². The van der Waals surface area contributed by atoms with Crippen LogP contribution in [0.5, 0.6) is 0 Å². The van der Waals surface area contributed by atoms with E-state index in [1.54, 1.807) is 0 Å². The van der Waals surface area contributed by atoms with Gasteiger partial charge in [-0.15, -0.1) is 0 Å². The molecule has 19 heteroatoms. The molecule has 3 unspecified atom stereocenters. The third-order valence-electron chi connectivity index (χ3n) is 17.8. The van der Waals surface area contributed by atoms with Gasteiger partial charge in [0.25, 0.3) is 0 Å². The second-order valence-electron chi connectivity index (χ2n) is 29.7. The van der Waals surface area contributed by atoms with E-state index in [1.165, 1.54) is 186 Å². The standard InChI is InChI=1S/C77H150O17P2/c1-67(2)53-45-37-29-23-19-15-11-9-10-12-17-21-25-33-43-51-60-77(82)94-73(64-88-75(80)58-50-42-36-35-40-48-56-70(7)8)66-92-96(85,86)90-62-71(78)61-89-95(83,84)91-65-72(63-87-74(79)57-49-41-32-28-27-31-39-47-55-69(5)6)93-76(81)59-52-44-34-26-22-18-14-13-16-20-24-30-38-46-54-68(3)4/h67-73,78H,9-66H2,1-8H3,(H,83,84)(H,85,86)/t71?,72-,73-/m1/s1. The van der Waals surface area contributed by atoms with E-state index in [4.69, 9.17) is 37.0 Å². The lowest BCUT2D eigenvalue weighted by Gasteiger charge is -2.21. The highest BCUT2D eigenvalue weighted by molar-refractivity contribution is 7.47. The smallest absolute Gasteiger partial charge is 0.462 e. The number of unbranched alkanes of at least 4 members (excludes halogenated alkanes) is 40. The van der Waals surface area contributed by atoms with Gasteiger partial charge in [-0.05, 0) is 49.4 Å². The minimum atomic E-state index is -4.96. The molecule has 0 spiro atoms. The predicted octanol–water partition coefficient (Wildman–Crippen LogP) is 22.4. The van der Waals surface area contributed by atoms with Crippen molar-refractivity contribution in [3.63, 3.8) is 0 Å². The Morgan fingerprint density at radius 2 is 0.438 bits per heavy atom. The molecule has 0 aliphatic carbocycles. The minimum absolute atomic E-state index is 0.106. The number of phosphoric acid groups is 2. The van der Waals surface area contributed by atoms with Crippen molar-refractivity contribution in [3.8, 4) is 0 Å². The summed E-state index contributed by atoms with van der Waals surface area (Å²) in [6.45, 7) is 14.1. The molecule has 570 valence electrons. The summed E-state index contributed by atoms with van der Waals surface area (Å²) in [5.74, 6) is 0.888. The first-order valence-corrected chi connectivity index (χ1v) is 42.7. The van der Waals surface area contributed by atoms with Gasteiger partial charge < -0.3 is 33.8 Å². The number of aliphatic hydroxyl groups is 1. The van der Waals surface area contributed by atoms with Crippen LogP contribution < -0.4 is 0 Å². The van der Waals surface area contributed by atoms with Gasteiger partial charge in [-0.2, -0.15) is 0 Å². The number of phosphoric ester groups is 2. The van der Waals surface area contributed by atoms with Crippen LogP contribution in [-0.4, -0.2) is 96.7 Å². The van der Waals surface area contributed by atoms with E-state index in [2.05, 4.69) is 55.4 Å². The van der Waals surface area contributed by atoms with Crippen molar-refractivity contribution >= 4 is 39.5 Å². The van der Waals surface area contributed by atoms with Crippen LogP contribution in [0.4, 0.5) is 0 Å². The molecule has 0 saturated carbocycles. The van der Waals surface area contributed by atoms with Crippen LogP contribution in [0.25, 0.3) is 0 Å². The third-order valence-corrected chi connectivity index (χ3v) is 19.7. The van der Waals surface area contributed by atoms with Gasteiger partial charge in [0.1, 0.15) is 19.3 Å². The summed E-state index contributed by atoms with van der Waals surface area (Å²) >= 11 is 0. The van der Waals surface area contributed by atoms with E-state index in [0.29, 0.717) is 31.6 Å². The zero-order valence-electron chi connectivity index (χ0n) is 63.0. The lowest BCUT2D eigenvalue weighted by atomic mass is 10.0. The molecule has 17 nitrogen and oxygen atoms in total. The van der Waals surface area contributed by atoms with E-state index in [1.807, 2.05) is 0 Å². The van der Waals surface area contributed by atoms with Crippen LogP contribution >= 0.6 is 15.6 Å². The van der Waals surface area contributed by atoms with Crippen molar-refractivity contribution in [3.05, 3.63) is 0 Å². The average Bonchev–Trinajstić information content (AvgIpc) is 1.23. The van der Waals surface area contributed by atoms with Gasteiger partial charge in [0.05, 0.1) is 26.4 Å². The van der Waals surface area contributed by atoms with Crippen LogP contribution in [-0.2, 0) is 65.4 Å². The van der Waals surface area contributed by atoms with E-state index >= 15 is 0 Å². The largest absolute Gasteiger partial charge is 0.472 e. The molecule has 0 saturated heterocycles. The van der Waals surface area contributed by atoms with Gasteiger partial charge in [0, 0.05) is 25.7 Å². The van der Waals surface area contributed by atoms with Crippen molar-refractivity contribution in [1.29, 1.82) is 0 Å². The number of carbonyl (C=O) groups excluding carboxylic acids is 4. The number of rotatable bonds is 74. The third kappa shape index (κ3) is 70.5. The highest BCUT2D eigenvalue weighted by Gasteiger charge is 2.30. The molecule has 3 N–H and O–H groups in total. The number of hydrogen-bond donors (Lipinski definition) is 3. The summed E-state index contributed by atoms with van der Waals surface area (Å²) in [5, 5.41) is 10.6. The summed E-state index contributed by atoms with van der Waals surface area (Å²) in [5.41, 5.74) is 0. The second-order valence-corrected chi connectivity index (χ2v) is 32.6. The Morgan fingerprint density at radius 1 is 0.260 bits per heavy atom. The average molecular weight is 1410 g/mol. The number of esters is 4. The van der Waals surface area contributed by atoms with Crippen molar-refractivity contribution in [2.75, 3.05) is 39.6 Å². The molecule has 0 amide bonds. The monoisotopic (exact) mass is 1410 g/mol. The Morgan fingerprint density at radius 3 is 0.646 bits per heavy atom. The maximum atomic E-state index is 13.1. The molecule has 0 aliphatic rings. The van der Waals surface area contributed by atoms with Crippen molar-refractivity contribution in [2.45, 2.75) is 408 Å². The fourth-order valence-electron chi connectivity index (χ4n) is 11.7. The maximum absolute atomic E-state index is 13.1. The molecule has 0 aromatic rings. The molecule has 0 aromatic heterocycles. The van der Waals surface area contributed by atoms with Crippen molar-refractivity contribution in [1.82, 2.24) is 0 Å². The molecule has 0 aliphatic heterocycles. The molecule has 0 bridgehead atoms. The Labute approximate surface area is 588 Å². The lowest BCUT2D eigenvalue weighted by Crippen LogP contribution is -2.30. The van der Waals surface area contributed by atoms with Crippen LogP contribution in [0.15, 0.2) is 0 Å². The topological polar surface area (TPSA) is 237 Å². The van der Waals surface area contributed by atoms with Crippen LogP contribution in [0.3, 0.4) is 0 Å². The Bertz CT molecular complexity index is 1880. The summed E-state index contributed by atoms with van der Waals surface area (Å²) in [7, 11) is -9.91. The Kier molecular flexibility index (Phi) is 65.0. The number of carbonyl (C=O) groups is 4. The van der Waals surface area contributed by atoms with E-state index in [0.717, 1.165) is 114 Å². The molecule has 5 atom stereocenters. The molecule has 0 radical (unpaired) electrons. The zero-order chi connectivity index (χ0) is 71.0. The SMILES string of the molecule is CC(C)CCCCCCCCCCCCCCCCCCC(=O)O[C@H](COC(=O)CCCCCCCCC(C)C)COP(=O)(O)OCC(O)COP(=O)(O)OC[C@@H](COC(=O)CCCCCCCCCCC(C)C)OC(=O)CCCCCCCCCCCCCCCCC(C)C. The normalized spacial score (nSPS) is 14.1. The van der Waals surface area contributed by atoms with Crippen molar-refractivity contribution < 1.29 is 80.2 Å². The first kappa shape index (κ1) is 94.1. The zero-order valence-corrected chi connectivity index (χ0v) is 64.8. The van der Waals surface area contributed by atoms with E-state index in [9.17, 15) is 43.2 Å². The quantitative estimate of drug-likeness (QED) is 0.0222. The predicted molar refractivity (Wildman–Crippen MR) is 391 cm³/mol. The highest BCUT2D eigenvalue weighted by Crippen LogP contribution is 2.45. The molecule has 0 heterocycles. The van der Waals surface area contributed by atoms with Gasteiger partial charge in [0.15, 0.2) is 12.2 Å². The Hall–Kier alpha value is -1.94. The molecule has 0 rings (SSSR count). The van der Waals surface area contributed by atoms with Crippen LogP contribution in [0.1, 0.15) is 389 Å². The lowest BCUT2D eigenvalue weighted by molar-refractivity contribution is -0.161. The minimum Gasteiger partial charge on any atom is -0.462 e. The van der Waals surface area contributed by atoms with Crippen molar-refractivity contribution in [2.24, 2.45) is 23.7 Å². The van der Waals surface area contributed by atoms with Crippen LogP contribution in [0, 0.1) is 23.7 Å². The summed E-state index contributed by atoms with van der Waals surface area (Å²) in [6.07, 6.45) is 51.6. The van der Waals surface area contributed by atoms with E-state index < -0.39 is 97.5 Å². The molecular weight excluding hydrogens is 1260 g/mol. The Balaban J connectivity index is 5.19. The fraction of sp³-hybridized carbons (Fsp3) is 0.948. The van der Waals surface area contributed by atoms with E-state index in [-0.39, 0.29) is 25.7 Å². The van der Waals surface area contributed by atoms with Gasteiger partial charge in [-0.3, -0.25) is 37.3 Å². The highest BCUT2D eigenvalue weighted by atomic mass is 31.2. The summed E-state index contributed by atoms with van der Waals surface area (Å²) in [4.78, 5) is 72.8. The maximum Gasteiger partial charge on any atom is 0.472 e. The second kappa shape index (κ2) is 66.3.